The maximum absolute atomic E-state index is 12.0. The molecular formula is C15H21Cl2N2O2+. The van der Waals surface area contributed by atoms with E-state index in [4.69, 9.17) is 27.9 Å². The second-order valence-electron chi connectivity index (χ2n) is 5.50. The number of anilines is 1. The second kappa shape index (κ2) is 7.99. The number of likely N-dealkylation sites (N-methyl/N-ethyl adjacent to an activating group) is 1. The van der Waals surface area contributed by atoms with Crippen LogP contribution in [0.1, 0.15) is 19.3 Å². The van der Waals surface area contributed by atoms with Crippen LogP contribution in [0.4, 0.5) is 5.69 Å². The van der Waals surface area contributed by atoms with Crippen molar-refractivity contribution in [3.8, 4) is 0 Å². The van der Waals surface area contributed by atoms with E-state index in [2.05, 4.69) is 5.32 Å². The number of ether oxygens (including phenoxy) is 1. The Labute approximate surface area is 135 Å². The topological polar surface area (TPSA) is 42.8 Å². The summed E-state index contributed by atoms with van der Waals surface area (Å²) in [7, 11) is 2.01. The molecule has 1 heterocycles. The van der Waals surface area contributed by atoms with E-state index in [9.17, 15) is 4.79 Å². The van der Waals surface area contributed by atoms with Gasteiger partial charge in [-0.2, -0.15) is 0 Å². The first-order chi connectivity index (χ1) is 10.0. The van der Waals surface area contributed by atoms with Crippen LogP contribution in [0.15, 0.2) is 18.2 Å². The first-order valence-corrected chi connectivity index (χ1v) is 7.98. The number of carbonyl (C=O) groups excluding carboxylic acids is 1. The summed E-state index contributed by atoms with van der Waals surface area (Å²) in [5.41, 5.74) is 0.663. The summed E-state index contributed by atoms with van der Waals surface area (Å²) in [4.78, 5) is 13.2. The summed E-state index contributed by atoms with van der Waals surface area (Å²) in [5, 5.41) is 3.75. The maximum Gasteiger partial charge on any atom is 0.279 e. The average Bonchev–Trinajstić information content (AvgIpc) is 2.43. The molecule has 0 aromatic heterocycles. The van der Waals surface area contributed by atoms with Crippen LogP contribution in [0.3, 0.4) is 0 Å². The van der Waals surface area contributed by atoms with Crippen LogP contribution in [-0.4, -0.2) is 38.8 Å². The average molecular weight is 332 g/mol. The zero-order chi connectivity index (χ0) is 15.2. The van der Waals surface area contributed by atoms with E-state index in [1.165, 1.54) is 6.42 Å². The molecule has 2 rings (SSSR count). The van der Waals surface area contributed by atoms with Crippen LogP contribution in [0.2, 0.25) is 10.0 Å². The molecule has 2 N–H and O–H groups in total. The summed E-state index contributed by atoms with van der Waals surface area (Å²) in [6, 6.07) is 5.07. The molecule has 6 heteroatoms. The van der Waals surface area contributed by atoms with Gasteiger partial charge in [-0.1, -0.05) is 23.2 Å². The van der Waals surface area contributed by atoms with Crippen molar-refractivity contribution in [2.75, 3.05) is 32.1 Å². The van der Waals surface area contributed by atoms with Gasteiger partial charge in [0.25, 0.3) is 5.91 Å². The van der Waals surface area contributed by atoms with E-state index >= 15 is 0 Å². The van der Waals surface area contributed by atoms with Crippen molar-refractivity contribution in [2.24, 2.45) is 0 Å². The predicted octanol–water partition coefficient (Wildman–Crippen LogP) is 2.02. The molecular weight excluding hydrogens is 311 g/mol. The quantitative estimate of drug-likeness (QED) is 0.866. The highest BCUT2D eigenvalue weighted by Crippen LogP contribution is 2.24. The van der Waals surface area contributed by atoms with Gasteiger partial charge in [0.2, 0.25) is 0 Å². The van der Waals surface area contributed by atoms with Crippen LogP contribution in [0.25, 0.3) is 0 Å². The van der Waals surface area contributed by atoms with Crippen molar-refractivity contribution >= 4 is 34.8 Å². The number of hydrogen-bond acceptors (Lipinski definition) is 2. The van der Waals surface area contributed by atoms with E-state index in [-0.39, 0.29) is 12.0 Å². The Morgan fingerprint density at radius 2 is 2.19 bits per heavy atom. The number of rotatable bonds is 5. The van der Waals surface area contributed by atoms with E-state index < -0.39 is 0 Å². The summed E-state index contributed by atoms with van der Waals surface area (Å²) in [6.45, 7) is 2.10. The normalized spacial score (nSPS) is 20.0. The number of hydrogen-bond donors (Lipinski definition) is 2. The lowest BCUT2D eigenvalue weighted by Gasteiger charge is -2.25. The summed E-state index contributed by atoms with van der Waals surface area (Å²) in [5.74, 6) is -0.0401. The third kappa shape index (κ3) is 5.47. The van der Waals surface area contributed by atoms with Crippen molar-refractivity contribution in [2.45, 2.75) is 25.4 Å². The smallest absolute Gasteiger partial charge is 0.279 e. The maximum atomic E-state index is 12.0. The fraction of sp³-hybridized carbons (Fsp3) is 0.533. The molecule has 1 fully saturated rings. The Kier molecular flexibility index (Phi) is 6.30. The highest BCUT2D eigenvalue weighted by molar-refractivity contribution is 6.42. The largest absolute Gasteiger partial charge is 0.372 e. The minimum absolute atomic E-state index is 0.0401. The van der Waals surface area contributed by atoms with Crippen molar-refractivity contribution in [3.05, 3.63) is 28.2 Å². The zero-order valence-corrected chi connectivity index (χ0v) is 13.6. The van der Waals surface area contributed by atoms with Gasteiger partial charge < -0.3 is 15.0 Å². The van der Waals surface area contributed by atoms with E-state index in [1.807, 2.05) is 7.05 Å². The summed E-state index contributed by atoms with van der Waals surface area (Å²) < 4.78 is 5.69. The molecule has 1 amide bonds. The highest BCUT2D eigenvalue weighted by atomic mass is 35.5. The second-order valence-corrected chi connectivity index (χ2v) is 6.32. The first-order valence-electron chi connectivity index (χ1n) is 7.22. The van der Waals surface area contributed by atoms with Gasteiger partial charge in [-0.05, 0) is 37.5 Å². The zero-order valence-electron chi connectivity index (χ0n) is 12.1. The van der Waals surface area contributed by atoms with Crippen molar-refractivity contribution in [3.63, 3.8) is 0 Å². The molecule has 0 saturated carbocycles. The van der Waals surface area contributed by atoms with Crippen LogP contribution in [0, 0.1) is 0 Å². The van der Waals surface area contributed by atoms with Gasteiger partial charge in [0, 0.05) is 12.3 Å². The molecule has 0 radical (unpaired) electrons. The van der Waals surface area contributed by atoms with E-state index in [0.29, 0.717) is 22.3 Å². The van der Waals surface area contributed by atoms with Gasteiger partial charge in [0.1, 0.15) is 12.6 Å². The number of quaternary nitrogens is 1. The number of amides is 1. The molecule has 1 aromatic carbocycles. The van der Waals surface area contributed by atoms with Crippen LogP contribution < -0.4 is 10.2 Å². The Bertz CT molecular complexity index is 491. The summed E-state index contributed by atoms with van der Waals surface area (Å²) >= 11 is 11.8. The van der Waals surface area contributed by atoms with Gasteiger partial charge >= 0.3 is 0 Å². The molecule has 116 valence electrons. The minimum atomic E-state index is -0.0401. The van der Waals surface area contributed by atoms with Crippen molar-refractivity contribution in [1.29, 1.82) is 0 Å². The molecule has 0 aliphatic carbocycles. The fourth-order valence-electron chi connectivity index (χ4n) is 2.48. The first kappa shape index (κ1) is 16.6. The van der Waals surface area contributed by atoms with Gasteiger partial charge in [0.05, 0.1) is 17.1 Å². The molecule has 1 aromatic rings. The van der Waals surface area contributed by atoms with Gasteiger partial charge in [-0.25, -0.2) is 0 Å². The third-order valence-corrected chi connectivity index (χ3v) is 4.25. The van der Waals surface area contributed by atoms with Crippen LogP contribution >= 0.6 is 23.2 Å². The van der Waals surface area contributed by atoms with Gasteiger partial charge in [-0.15, -0.1) is 0 Å². The fourth-order valence-corrected chi connectivity index (χ4v) is 2.78. The minimum Gasteiger partial charge on any atom is -0.372 e. The molecule has 1 aliphatic heterocycles. The number of halogens is 2. The van der Waals surface area contributed by atoms with Crippen molar-refractivity contribution < 1.29 is 14.4 Å². The lowest BCUT2D eigenvalue weighted by Crippen LogP contribution is -3.11. The van der Waals surface area contributed by atoms with Gasteiger partial charge in [-0.3, -0.25) is 4.79 Å². The molecule has 21 heavy (non-hydrogen) atoms. The predicted molar refractivity (Wildman–Crippen MR) is 85.3 cm³/mol. The number of nitrogens with one attached hydrogen (secondary N) is 2. The number of carbonyl (C=O) groups is 1. The van der Waals surface area contributed by atoms with E-state index in [1.54, 1.807) is 18.2 Å². The lowest BCUT2D eigenvalue weighted by atomic mass is 10.1. The Morgan fingerprint density at radius 1 is 1.38 bits per heavy atom. The molecule has 4 nitrogen and oxygen atoms in total. The molecule has 1 unspecified atom stereocenters. The van der Waals surface area contributed by atoms with E-state index in [0.717, 1.165) is 30.9 Å². The Morgan fingerprint density at radius 3 is 2.86 bits per heavy atom. The van der Waals surface area contributed by atoms with Crippen LogP contribution in [-0.2, 0) is 9.53 Å². The molecule has 2 atom stereocenters. The monoisotopic (exact) mass is 331 g/mol. The molecule has 1 saturated heterocycles. The standard InChI is InChI=1S/C15H20Cl2N2O2/c1-19(9-12-4-2-3-7-21-12)10-15(20)18-11-5-6-13(16)14(17)8-11/h5-6,8,12H,2-4,7,9-10H2,1H3,(H,18,20)/p+1/t12-/m1/s1. The number of benzene rings is 1. The molecule has 0 spiro atoms. The Hall–Kier alpha value is -0.810. The SMILES string of the molecule is C[NH+](CC(=O)Nc1ccc(Cl)c(Cl)c1)C[C@H]1CCCCO1. The molecule has 0 bridgehead atoms. The molecule has 1 aliphatic rings. The Balaban J connectivity index is 1.78. The van der Waals surface area contributed by atoms with Gasteiger partial charge in [0.15, 0.2) is 6.54 Å². The van der Waals surface area contributed by atoms with Crippen LogP contribution in [0.5, 0.6) is 0 Å². The van der Waals surface area contributed by atoms with Crippen molar-refractivity contribution in [1.82, 2.24) is 0 Å². The lowest BCUT2D eigenvalue weighted by molar-refractivity contribution is -0.874. The highest BCUT2D eigenvalue weighted by Gasteiger charge is 2.20. The third-order valence-electron chi connectivity index (χ3n) is 3.52. The summed E-state index contributed by atoms with van der Waals surface area (Å²) in [6.07, 6.45) is 3.73.